The van der Waals surface area contributed by atoms with Crippen molar-refractivity contribution in [2.45, 2.75) is 37.9 Å². The van der Waals surface area contributed by atoms with Gasteiger partial charge in [-0.25, -0.2) is 0 Å². The molecule has 17 heavy (non-hydrogen) atoms. The number of hydrogen-bond acceptors (Lipinski definition) is 2. The van der Waals surface area contributed by atoms with Gasteiger partial charge in [-0.05, 0) is 19.3 Å². The zero-order chi connectivity index (χ0) is 12.9. The molecule has 0 saturated carbocycles. The zero-order valence-electron chi connectivity index (χ0n) is 9.46. The van der Waals surface area contributed by atoms with Gasteiger partial charge in [0.2, 0.25) is 5.91 Å². The fourth-order valence-electron chi connectivity index (χ4n) is 1.71. The fourth-order valence-corrected chi connectivity index (χ4v) is 1.71. The van der Waals surface area contributed by atoms with Gasteiger partial charge in [0, 0.05) is 19.0 Å². The van der Waals surface area contributed by atoms with Crippen LogP contribution in [0.15, 0.2) is 12.2 Å². The van der Waals surface area contributed by atoms with Gasteiger partial charge in [0.15, 0.2) is 0 Å². The number of carbonyl (C=O) groups is 1. The summed E-state index contributed by atoms with van der Waals surface area (Å²) >= 11 is 0. The quantitative estimate of drug-likeness (QED) is 0.577. The van der Waals surface area contributed by atoms with Crippen molar-refractivity contribution < 1.29 is 18.0 Å². The van der Waals surface area contributed by atoms with Gasteiger partial charge in [0.1, 0.15) is 0 Å². The molecule has 0 fully saturated rings. The van der Waals surface area contributed by atoms with E-state index in [4.69, 9.17) is 5.73 Å². The van der Waals surface area contributed by atoms with Crippen LogP contribution in [0.25, 0.3) is 0 Å². The Morgan fingerprint density at radius 3 is 2.59 bits per heavy atom. The van der Waals surface area contributed by atoms with Crippen LogP contribution >= 0.6 is 0 Å². The lowest BCUT2D eigenvalue weighted by molar-refractivity contribution is -0.135. The first-order chi connectivity index (χ1) is 7.88. The van der Waals surface area contributed by atoms with Gasteiger partial charge in [-0.2, -0.15) is 13.2 Å². The molecule has 0 aromatic rings. The summed E-state index contributed by atoms with van der Waals surface area (Å²) in [5.74, 6) is -0.381. The predicted molar refractivity (Wildman–Crippen MR) is 58.1 cm³/mol. The second-order valence-corrected chi connectivity index (χ2v) is 4.25. The van der Waals surface area contributed by atoms with Crippen LogP contribution in [0.3, 0.4) is 0 Å². The second kappa shape index (κ2) is 6.05. The molecule has 0 spiro atoms. The second-order valence-electron chi connectivity index (χ2n) is 4.25. The van der Waals surface area contributed by atoms with Crippen LogP contribution in [0.5, 0.6) is 0 Å². The molecule has 1 aliphatic carbocycles. The third kappa shape index (κ3) is 5.72. The molecule has 1 aliphatic rings. The molecule has 0 radical (unpaired) electrons. The minimum absolute atomic E-state index is 0.0454. The van der Waals surface area contributed by atoms with E-state index in [-0.39, 0.29) is 30.8 Å². The van der Waals surface area contributed by atoms with Gasteiger partial charge in [-0.3, -0.25) is 4.79 Å². The highest BCUT2D eigenvalue weighted by atomic mass is 19.4. The van der Waals surface area contributed by atoms with Gasteiger partial charge in [-0.15, -0.1) is 0 Å². The topological polar surface area (TPSA) is 55.1 Å². The van der Waals surface area contributed by atoms with E-state index in [1.54, 1.807) is 12.2 Å². The molecule has 3 nitrogen and oxygen atoms in total. The lowest BCUT2D eigenvalue weighted by atomic mass is 10.1. The molecule has 0 heterocycles. The molecule has 1 amide bonds. The van der Waals surface area contributed by atoms with Crippen LogP contribution in [0.2, 0.25) is 0 Å². The maximum atomic E-state index is 11.8. The summed E-state index contributed by atoms with van der Waals surface area (Å²) in [6.45, 7) is 0.286. The van der Waals surface area contributed by atoms with Crippen molar-refractivity contribution >= 4 is 5.91 Å². The Labute approximate surface area is 98.2 Å². The van der Waals surface area contributed by atoms with Gasteiger partial charge < -0.3 is 11.1 Å². The van der Waals surface area contributed by atoms with E-state index in [2.05, 4.69) is 5.32 Å². The standard InChI is InChI=1S/C11H17F3N2O/c12-11(13,14)5-1-2-6-16-10(17)8-3-4-9(15)7-8/h3-4,8-9H,1-2,5-7,15H2,(H,16,17). The first kappa shape index (κ1) is 14.0. The number of nitrogens with one attached hydrogen (secondary N) is 1. The largest absolute Gasteiger partial charge is 0.389 e. The smallest absolute Gasteiger partial charge is 0.356 e. The number of amides is 1. The molecule has 6 heteroatoms. The molecule has 98 valence electrons. The lowest BCUT2D eigenvalue weighted by Crippen LogP contribution is -2.31. The molecule has 0 bridgehead atoms. The summed E-state index contributed by atoms with van der Waals surface area (Å²) in [5.41, 5.74) is 5.60. The Hall–Kier alpha value is -1.04. The molecular weight excluding hydrogens is 233 g/mol. The van der Waals surface area contributed by atoms with Crippen molar-refractivity contribution in [2.75, 3.05) is 6.54 Å². The van der Waals surface area contributed by atoms with Crippen LogP contribution in [0.1, 0.15) is 25.7 Å². The van der Waals surface area contributed by atoms with E-state index < -0.39 is 12.6 Å². The summed E-state index contributed by atoms with van der Waals surface area (Å²) in [6.07, 6.45) is -0.419. The van der Waals surface area contributed by atoms with E-state index in [0.29, 0.717) is 12.8 Å². The number of rotatable bonds is 5. The molecule has 2 unspecified atom stereocenters. The minimum atomic E-state index is -4.11. The first-order valence-corrected chi connectivity index (χ1v) is 5.67. The summed E-state index contributed by atoms with van der Waals surface area (Å²) in [6, 6.07) is -0.0871. The van der Waals surface area contributed by atoms with Crippen LogP contribution in [0.4, 0.5) is 13.2 Å². The predicted octanol–water partition coefficient (Wildman–Crippen LogP) is 1.74. The highest BCUT2D eigenvalue weighted by Gasteiger charge is 2.26. The van der Waals surface area contributed by atoms with E-state index in [9.17, 15) is 18.0 Å². The summed E-state index contributed by atoms with van der Waals surface area (Å²) in [5, 5.41) is 2.62. The number of unbranched alkanes of at least 4 members (excludes halogenated alkanes) is 1. The molecule has 1 rings (SSSR count). The van der Waals surface area contributed by atoms with Crippen molar-refractivity contribution in [3.63, 3.8) is 0 Å². The van der Waals surface area contributed by atoms with E-state index in [1.165, 1.54) is 0 Å². The molecule has 0 aromatic carbocycles. The summed E-state index contributed by atoms with van der Waals surface area (Å²) in [7, 11) is 0. The van der Waals surface area contributed by atoms with Crippen LogP contribution in [0, 0.1) is 5.92 Å². The van der Waals surface area contributed by atoms with Crippen LogP contribution < -0.4 is 11.1 Å². The third-order valence-electron chi connectivity index (χ3n) is 2.64. The van der Waals surface area contributed by atoms with Crippen molar-refractivity contribution in [1.82, 2.24) is 5.32 Å². The van der Waals surface area contributed by atoms with Crippen molar-refractivity contribution in [2.24, 2.45) is 11.7 Å². The Morgan fingerprint density at radius 1 is 1.35 bits per heavy atom. The average Bonchev–Trinajstić information content (AvgIpc) is 2.62. The summed E-state index contributed by atoms with van der Waals surface area (Å²) in [4.78, 5) is 11.5. The van der Waals surface area contributed by atoms with Gasteiger partial charge in [0.25, 0.3) is 0 Å². The number of nitrogens with two attached hydrogens (primary N) is 1. The van der Waals surface area contributed by atoms with E-state index >= 15 is 0 Å². The van der Waals surface area contributed by atoms with Gasteiger partial charge >= 0.3 is 6.18 Å². The first-order valence-electron chi connectivity index (χ1n) is 5.67. The fraction of sp³-hybridized carbons (Fsp3) is 0.727. The van der Waals surface area contributed by atoms with E-state index in [0.717, 1.165) is 0 Å². The highest BCUT2D eigenvalue weighted by Crippen LogP contribution is 2.22. The Morgan fingerprint density at radius 2 is 2.06 bits per heavy atom. The van der Waals surface area contributed by atoms with E-state index in [1.807, 2.05) is 0 Å². The molecule has 0 aromatic heterocycles. The molecule has 2 atom stereocenters. The SMILES string of the molecule is NC1C=CC(C(=O)NCCCCC(F)(F)F)C1. The maximum absolute atomic E-state index is 11.8. The average molecular weight is 250 g/mol. The molecular formula is C11H17F3N2O. The molecule has 3 N–H and O–H groups in total. The van der Waals surface area contributed by atoms with Crippen molar-refractivity contribution in [3.05, 3.63) is 12.2 Å². The van der Waals surface area contributed by atoms with Crippen molar-refractivity contribution in [3.8, 4) is 0 Å². The van der Waals surface area contributed by atoms with Crippen molar-refractivity contribution in [1.29, 1.82) is 0 Å². The summed E-state index contributed by atoms with van der Waals surface area (Å²) < 4.78 is 35.5. The number of carbonyl (C=O) groups excluding carboxylic acids is 1. The maximum Gasteiger partial charge on any atom is 0.389 e. The van der Waals surface area contributed by atoms with Crippen LogP contribution in [-0.4, -0.2) is 24.7 Å². The Balaban J connectivity index is 2.07. The highest BCUT2D eigenvalue weighted by molar-refractivity contribution is 5.81. The zero-order valence-corrected chi connectivity index (χ0v) is 9.46. The Kier molecular flexibility index (Phi) is 4.99. The number of halogens is 3. The molecule has 0 aliphatic heterocycles. The lowest BCUT2D eigenvalue weighted by Gasteiger charge is -2.10. The normalized spacial score (nSPS) is 24.0. The number of alkyl halides is 3. The monoisotopic (exact) mass is 250 g/mol. The third-order valence-corrected chi connectivity index (χ3v) is 2.64. The van der Waals surface area contributed by atoms with Gasteiger partial charge in [0.05, 0.1) is 5.92 Å². The van der Waals surface area contributed by atoms with Crippen LogP contribution in [-0.2, 0) is 4.79 Å². The Bertz CT molecular complexity index is 289. The number of hydrogen-bond donors (Lipinski definition) is 2. The molecule has 0 saturated heterocycles. The van der Waals surface area contributed by atoms with Gasteiger partial charge in [-0.1, -0.05) is 12.2 Å². The minimum Gasteiger partial charge on any atom is -0.356 e.